The molecule has 0 aromatic rings. The van der Waals surface area contributed by atoms with Crippen LogP contribution in [0.5, 0.6) is 0 Å². The zero-order valence-corrected chi connectivity index (χ0v) is 21.2. The highest BCUT2D eigenvalue weighted by Crippen LogP contribution is 2.65. The summed E-state index contributed by atoms with van der Waals surface area (Å²) in [6.07, 6.45) is 12.0. The molecule has 2 N–H and O–H groups in total. The number of carbonyl (C=O) groups is 4. The lowest BCUT2D eigenvalue weighted by molar-refractivity contribution is -0.143. The van der Waals surface area contributed by atoms with Gasteiger partial charge in [0.05, 0.1) is 12.1 Å². The summed E-state index contributed by atoms with van der Waals surface area (Å²) in [5.74, 6) is -0.300. The van der Waals surface area contributed by atoms with Gasteiger partial charge in [0.1, 0.15) is 0 Å². The van der Waals surface area contributed by atoms with Crippen LogP contribution < -0.4 is 5.73 Å². The molecule has 4 rings (SSSR count). The zero-order valence-electron chi connectivity index (χ0n) is 21.2. The molecule has 0 spiro atoms. The van der Waals surface area contributed by atoms with Crippen LogP contribution in [0.4, 0.5) is 0 Å². The van der Waals surface area contributed by atoms with Crippen molar-refractivity contribution in [3.8, 4) is 0 Å². The third-order valence-electron chi connectivity index (χ3n) is 9.28. The summed E-state index contributed by atoms with van der Waals surface area (Å²) < 4.78 is 0. The lowest BCUT2D eigenvalue weighted by Gasteiger charge is -2.32. The number of carbonyl (C=O) groups excluding carboxylic acids is 4. The Bertz CT molecular complexity index is 802. The van der Waals surface area contributed by atoms with E-state index in [-0.39, 0.29) is 41.0 Å². The van der Waals surface area contributed by atoms with Crippen LogP contribution in [0.1, 0.15) is 104 Å². The Hall–Kier alpha value is -1.56. The molecule has 5 atom stereocenters. The summed E-state index contributed by atoms with van der Waals surface area (Å²) in [5.41, 5.74) is 6.32. The topological polar surface area (TPSA) is 97.5 Å². The Balaban J connectivity index is 1.50. The molecule has 190 valence electrons. The Morgan fingerprint density at radius 2 is 1.56 bits per heavy atom. The van der Waals surface area contributed by atoms with Crippen molar-refractivity contribution in [1.29, 1.82) is 0 Å². The molecule has 34 heavy (non-hydrogen) atoms. The second kappa shape index (κ2) is 10.6. The van der Waals surface area contributed by atoms with Crippen molar-refractivity contribution in [2.45, 2.75) is 116 Å². The molecular formula is C28H44N2O4. The average Bonchev–Trinajstić information content (AvgIpc) is 3.67. The third-order valence-corrected chi connectivity index (χ3v) is 9.28. The van der Waals surface area contributed by atoms with E-state index in [4.69, 9.17) is 5.73 Å². The van der Waals surface area contributed by atoms with Gasteiger partial charge < -0.3 is 10.6 Å². The number of nitrogens with two attached hydrogens (primary N) is 1. The van der Waals surface area contributed by atoms with E-state index in [0.29, 0.717) is 37.6 Å². The van der Waals surface area contributed by atoms with E-state index in [9.17, 15) is 19.2 Å². The van der Waals surface area contributed by atoms with Crippen molar-refractivity contribution in [3.63, 3.8) is 0 Å². The van der Waals surface area contributed by atoms with Gasteiger partial charge in [0.25, 0.3) is 0 Å². The van der Waals surface area contributed by atoms with Crippen molar-refractivity contribution in [1.82, 2.24) is 4.90 Å². The van der Waals surface area contributed by atoms with Gasteiger partial charge in [-0.2, -0.15) is 0 Å². The molecule has 2 aliphatic heterocycles. The number of rotatable bonds is 5. The van der Waals surface area contributed by atoms with Gasteiger partial charge in [-0.05, 0) is 42.4 Å². The van der Waals surface area contributed by atoms with Crippen LogP contribution >= 0.6 is 0 Å². The lowest BCUT2D eigenvalue weighted by atomic mass is 9.85. The van der Waals surface area contributed by atoms with Crippen molar-refractivity contribution in [2.75, 3.05) is 6.54 Å². The molecule has 1 amide bonds. The zero-order chi connectivity index (χ0) is 24.5. The molecule has 0 aromatic heterocycles. The summed E-state index contributed by atoms with van der Waals surface area (Å²) in [7, 11) is 0. The number of piperidine rings is 1. The molecule has 6 heteroatoms. The first kappa shape index (κ1) is 25.5. The van der Waals surface area contributed by atoms with Gasteiger partial charge >= 0.3 is 0 Å². The highest BCUT2D eigenvalue weighted by atomic mass is 16.2. The molecule has 2 aliphatic carbocycles. The van der Waals surface area contributed by atoms with Crippen LogP contribution in [-0.4, -0.2) is 46.8 Å². The summed E-state index contributed by atoms with van der Waals surface area (Å²) in [5, 5.41) is 0. The third kappa shape index (κ3) is 5.63. The van der Waals surface area contributed by atoms with Crippen molar-refractivity contribution >= 4 is 23.3 Å². The van der Waals surface area contributed by atoms with Gasteiger partial charge in [-0.3, -0.25) is 19.2 Å². The van der Waals surface area contributed by atoms with Crippen LogP contribution in [0.3, 0.4) is 0 Å². The highest BCUT2D eigenvalue weighted by Gasteiger charge is 2.69. The Morgan fingerprint density at radius 3 is 2.21 bits per heavy atom. The maximum atomic E-state index is 13.7. The second-order valence-corrected chi connectivity index (χ2v) is 12.2. The second-order valence-electron chi connectivity index (χ2n) is 12.2. The molecule has 2 heterocycles. The Morgan fingerprint density at radius 1 is 0.941 bits per heavy atom. The number of hydrogen-bond acceptors (Lipinski definition) is 5. The van der Waals surface area contributed by atoms with E-state index in [2.05, 4.69) is 13.8 Å². The molecule has 2 saturated carbocycles. The molecule has 4 fully saturated rings. The Labute approximate surface area is 204 Å². The normalized spacial score (nSPS) is 34.9. The number of Topliss-reactive ketones (excluding diaryl/α,β-unsaturated/α-hetero) is 3. The van der Waals surface area contributed by atoms with Crippen molar-refractivity contribution < 1.29 is 19.2 Å². The minimum Gasteiger partial charge on any atom is -0.331 e. The number of hydrogen-bond donors (Lipinski definition) is 1. The van der Waals surface area contributed by atoms with Gasteiger partial charge in [0.2, 0.25) is 11.7 Å². The van der Waals surface area contributed by atoms with Crippen LogP contribution in [0.2, 0.25) is 0 Å². The van der Waals surface area contributed by atoms with Gasteiger partial charge in [-0.15, -0.1) is 0 Å². The minimum atomic E-state index is -0.565. The first-order valence-corrected chi connectivity index (χ1v) is 13.9. The van der Waals surface area contributed by atoms with E-state index < -0.39 is 18.0 Å². The largest absolute Gasteiger partial charge is 0.331 e. The van der Waals surface area contributed by atoms with E-state index in [1.807, 2.05) is 0 Å². The number of ketones is 3. The van der Waals surface area contributed by atoms with E-state index in [0.717, 1.165) is 64.2 Å². The maximum Gasteiger partial charge on any atom is 0.240 e. The van der Waals surface area contributed by atoms with E-state index in [1.165, 1.54) is 0 Å². The number of nitrogens with zero attached hydrogens (tertiary/aromatic N) is 1. The van der Waals surface area contributed by atoms with Gasteiger partial charge in [-0.25, -0.2) is 0 Å². The average molecular weight is 473 g/mol. The molecule has 2 saturated heterocycles. The molecule has 6 nitrogen and oxygen atoms in total. The van der Waals surface area contributed by atoms with E-state index in [1.54, 1.807) is 4.90 Å². The molecule has 4 aliphatic rings. The fourth-order valence-corrected chi connectivity index (χ4v) is 6.64. The fourth-order valence-electron chi connectivity index (χ4n) is 6.64. The number of amides is 1. The van der Waals surface area contributed by atoms with Gasteiger partial charge in [-0.1, -0.05) is 71.6 Å². The molecular weight excluding hydrogens is 428 g/mol. The van der Waals surface area contributed by atoms with Crippen molar-refractivity contribution in [2.24, 2.45) is 34.8 Å². The highest BCUT2D eigenvalue weighted by molar-refractivity contribution is 6.38. The van der Waals surface area contributed by atoms with Crippen molar-refractivity contribution in [3.05, 3.63) is 0 Å². The smallest absolute Gasteiger partial charge is 0.240 e. The molecule has 0 radical (unpaired) electrons. The van der Waals surface area contributed by atoms with E-state index >= 15 is 0 Å². The summed E-state index contributed by atoms with van der Waals surface area (Å²) in [6, 6.07) is -1.06. The molecule has 0 bridgehead atoms. The van der Waals surface area contributed by atoms with Crippen LogP contribution in [0.15, 0.2) is 0 Å². The van der Waals surface area contributed by atoms with Crippen LogP contribution in [0, 0.1) is 29.1 Å². The predicted octanol–water partition coefficient (Wildman–Crippen LogP) is 4.23. The SMILES string of the molecule is CC1(C)[C@@H]2[C@H]3C(=O)C[C@H](C(=O)C(=O)CCC4CC4)CCCCCCCCC[C@H](N)C(=O)N3C[C@@H]21. The minimum absolute atomic E-state index is 0.0294. The van der Waals surface area contributed by atoms with Crippen LogP contribution in [0.25, 0.3) is 0 Å². The van der Waals surface area contributed by atoms with Gasteiger partial charge in [0, 0.05) is 25.3 Å². The standard InChI is InChI=1S/C28H44N2O4/c1-28(2)20-17-30-25(24(20)28)23(32)16-19(26(33)22(31)15-14-18-12-13-18)10-8-6-4-3-5-7-9-11-21(29)27(30)34/h18-21,24-25H,3-17,29H2,1-2H3/t19-,20+,21+,24+,25-/m1/s1. The monoisotopic (exact) mass is 472 g/mol. The number of fused-ring (bicyclic) bond motifs is 3. The fraction of sp³-hybridized carbons (Fsp3) is 0.857. The summed E-state index contributed by atoms with van der Waals surface area (Å²) in [4.78, 5) is 54.5. The lowest BCUT2D eigenvalue weighted by Crippen LogP contribution is -2.52. The van der Waals surface area contributed by atoms with Gasteiger partial charge in [0.15, 0.2) is 11.6 Å². The maximum absolute atomic E-state index is 13.7. The predicted molar refractivity (Wildman–Crippen MR) is 131 cm³/mol. The Kier molecular flexibility index (Phi) is 7.95. The summed E-state index contributed by atoms with van der Waals surface area (Å²) >= 11 is 0. The summed E-state index contributed by atoms with van der Waals surface area (Å²) in [6.45, 7) is 4.92. The molecule has 0 unspecified atom stereocenters. The first-order chi connectivity index (χ1) is 16.2. The van der Waals surface area contributed by atoms with Crippen LogP contribution in [-0.2, 0) is 19.2 Å². The first-order valence-electron chi connectivity index (χ1n) is 13.9. The molecule has 0 aromatic carbocycles. The quantitative estimate of drug-likeness (QED) is 0.604.